The summed E-state index contributed by atoms with van der Waals surface area (Å²) < 4.78 is 25.3. The van der Waals surface area contributed by atoms with Gasteiger partial charge in [-0.25, -0.2) is 13.1 Å². The van der Waals surface area contributed by atoms with Gasteiger partial charge in [-0.1, -0.05) is 18.2 Å². The van der Waals surface area contributed by atoms with Gasteiger partial charge in [0.25, 0.3) is 5.91 Å². The number of amides is 1. The summed E-state index contributed by atoms with van der Waals surface area (Å²) in [6, 6.07) is 11.0. The van der Waals surface area contributed by atoms with E-state index in [9.17, 15) is 13.2 Å². The molecule has 0 spiro atoms. The Balaban J connectivity index is 2.05. The fourth-order valence-electron chi connectivity index (χ4n) is 1.53. The molecule has 106 valence electrons. The smallest absolute Gasteiger partial charge is 0.264 e. The van der Waals surface area contributed by atoms with E-state index in [1.165, 1.54) is 4.21 Å². The van der Waals surface area contributed by atoms with Gasteiger partial charge in [-0.15, -0.1) is 23.1 Å². The molecule has 0 radical (unpaired) electrons. The van der Waals surface area contributed by atoms with E-state index in [2.05, 4.69) is 0 Å². The topological polar surface area (TPSA) is 63.2 Å². The van der Waals surface area contributed by atoms with Crippen LogP contribution in [0.5, 0.6) is 0 Å². The number of carbonyl (C=O) groups is 1. The van der Waals surface area contributed by atoms with Crippen LogP contribution in [0.2, 0.25) is 0 Å². The minimum atomic E-state index is -3.54. The molecule has 1 aromatic carbocycles. The molecular formula is C13H13NO3S3. The van der Waals surface area contributed by atoms with Crippen molar-refractivity contribution in [2.75, 3.05) is 6.26 Å². The lowest BCUT2D eigenvalue weighted by atomic mass is 10.1. The van der Waals surface area contributed by atoms with Crippen LogP contribution >= 0.6 is 23.1 Å². The standard InChI is InChI=1S/C13H13NO3S3/c1-20(16,17)14-13(15)11-5-2-4-10(8-11)9-19-12-6-3-7-18-12/h2-8H,9H2,1H3,(H,14,15). The average Bonchev–Trinajstić information content (AvgIpc) is 2.88. The van der Waals surface area contributed by atoms with Crippen molar-refractivity contribution in [3.05, 3.63) is 52.9 Å². The predicted molar refractivity (Wildman–Crippen MR) is 82.6 cm³/mol. The first-order chi connectivity index (χ1) is 9.44. The van der Waals surface area contributed by atoms with Gasteiger partial charge in [0.1, 0.15) is 0 Å². The van der Waals surface area contributed by atoms with Gasteiger partial charge in [0.2, 0.25) is 10.0 Å². The van der Waals surface area contributed by atoms with E-state index in [1.54, 1.807) is 41.3 Å². The second kappa shape index (κ2) is 6.43. The fourth-order valence-corrected chi connectivity index (χ4v) is 3.71. The Morgan fingerprint density at radius 3 is 2.75 bits per heavy atom. The zero-order valence-electron chi connectivity index (χ0n) is 10.7. The first-order valence-corrected chi connectivity index (χ1v) is 9.47. The summed E-state index contributed by atoms with van der Waals surface area (Å²) in [6.45, 7) is 0. The molecule has 4 nitrogen and oxygen atoms in total. The molecule has 0 aliphatic rings. The van der Waals surface area contributed by atoms with E-state index in [0.29, 0.717) is 5.56 Å². The van der Waals surface area contributed by atoms with Gasteiger partial charge < -0.3 is 0 Å². The summed E-state index contributed by atoms with van der Waals surface area (Å²) in [4.78, 5) is 11.8. The number of benzene rings is 1. The Bertz CT molecular complexity index is 693. The highest BCUT2D eigenvalue weighted by Crippen LogP contribution is 2.27. The molecule has 2 rings (SSSR count). The Kier molecular flexibility index (Phi) is 4.85. The number of thiophene rings is 1. The molecule has 0 aliphatic heterocycles. The van der Waals surface area contributed by atoms with Crippen LogP contribution < -0.4 is 4.72 Å². The summed E-state index contributed by atoms with van der Waals surface area (Å²) in [5.74, 6) is 0.135. The zero-order chi connectivity index (χ0) is 14.6. The number of rotatable bonds is 5. The van der Waals surface area contributed by atoms with E-state index in [0.717, 1.165) is 17.6 Å². The van der Waals surface area contributed by atoms with Crippen LogP contribution in [0.25, 0.3) is 0 Å². The largest absolute Gasteiger partial charge is 0.268 e. The van der Waals surface area contributed by atoms with Gasteiger partial charge in [0.05, 0.1) is 10.5 Å². The van der Waals surface area contributed by atoms with Crippen LogP contribution in [0.4, 0.5) is 0 Å². The van der Waals surface area contributed by atoms with Crippen LogP contribution in [0, 0.1) is 0 Å². The van der Waals surface area contributed by atoms with E-state index < -0.39 is 15.9 Å². The third-order valence-corrected chi connectivity index (χ3v) is 5.10. The van der Waals surface area contributed by atoms with Gasteiger partial charge in [-0.3, -0.25) is 4.79 Å². The monoisotopic (exact) mass is 327 g/mol. The normalized spacial score (nSPS) is 11.2. The highest BCUT2D eigenvalue weighted by Gasteiger charge is 2.11. The number of nitrogens with one attached hydrogen (secondary N) is 1. The number of hydrogen-bond donors (Lipinski definition) is 1. The number of carbonyl (C=O) groups excluding carboxylic acids is 1. The lowest BCUT2D eigenvalue weighted by molar-refractivity contribution is 0.0981. The molecule has 0 atom stereocenters. The summed E-state index contributed by atoms with van der Waals surface area (Å²) in [5, 5.41) is 2.01. The molecule has 0 aliphatic carbocycles. The quantitative estimate of drug-likeness (QED) is 0.858. The minimum absolute atomic E-state index is 0.347. The summed E-state index contributed by atoms with van der Waals surface area (Å²) in [7, 11) is -3.54. The Hall–Kier alpha value is -1.31. The van der Waals surface area contributed by atoms with Crippen molar-refractivity contribution in [2.24, 2.45) is 0 Å². The lowest BCUT2D eigenvalue weighted by Gasteiger charge is -2.05. The number of hydrogen-bond acceptors (Lipinski definition) is 5. The summed E-state index contributed by atoms with van der Waals surface area (Å²) >= 11 is 3.35. The van der Waals surface area contributed by atoms with Crippen molar-refractivity contribution in [3.63, 3.8) is 0 Å². The molecule has 0 fully saturated rings. The molecule has 0 saturated carbocycles. The van der Waals surface area contributed by atoms with Crippen LogP contribution in [0.15, 0.2) is 46.0 Å². The third-order valence-electron chi connectivity index (χ3n) is 2.34. The van der Waals surface area contributed by atoms with Gasteiger partial charge in [-0.2, -0.15) is 0 Å². The molecule has 0 saturated heterocycles. The Labute approximate surface area is 126 Å². The van der Waals surface area contributed by atoms with E-state index >= 15 is 0 Å². The van der Waals surface area contributed by atoms with Crippen molar-refractivity contribution >= 4 is 39.0 Å². The zero-order valence-corrected chi connectivity index (χ0v) is 13.1. The predicted octanol–water partition coefficient (Wildman–Crippen LogP) is 2.73. The molecule has 1 aromatic heterocycles. The number of sulfonamides is 1. The van der Waals surface area contributed by atoms with Crippen LogP contribution in [0.3, 0.4) is 0 Å². The van der Waals surface area contributed by atoms with Crippen molar-refractivity contribution in [3.8, 4) is 0 Å². The van der Waals surface area contributed by atoms with Gasteiger partial charge in [-0.05, 0) is 29.1 Å². The molecule has 2 aromatic rings. The van der Waals surface area contributed by atoms with Gasteiger partial charge >= 0.3 is 0 Å². The van der Waals surface area contributed by atoms with Crippen molar-refractivity contribution in [2.45, 2.75) is 9.96 Å². The molecule has 20 heavy (non-hydrogen) atoms. The molecule has 7 heteroatoms. The molecule has 1 heterocycles. The second-order valence-electron chi connectivity index (χ2n) is 4.12. The molecule has 0 bridgehead atoms. The van der Waals surface area contributed by atoms with E-state index in [4.69, 9.17) is 0 Å². The maximum Gasteiger partial charge on any atom is 0.264 e. The van der Waals surface area contributed by atoms with Gasteiger partial charge in [0, 0.05) is 11.3 Å². The van der Waals surface area contributed by atoms with E-state index in [-0.39, 0.29) is 0 Å². The first kappa shape index (κ1) is 15.1. The summed E-state index contributed by atoms with van der Waals surface area (Å²) in [5.41, 5.74) is 1.32. The van der Waals surface area contributed by atoms with Crippen molar-refractivity contribution < 1.29 is 13.2 Å². The van der Waals surface area contributed by atoms with Crippen LogP contribution in [0.1, 0.15) is 15.9 Å². The maximum atomic E-state index is 11.8. The lowest BCUT2D eigenvalue weighted by Crippen LogP contribution is -2.29. The number of thioether (sulfide) groups is 1. The minimum Gasteiger partial charge on any atom is -0.268 e. The van der Waals surface area contributed by atoms with Crippen LogP contribution in [-0.2, 0) is 15.8 Å². The maximum absolute atomic E-state index is 11.8. The Morgan fingerprint density at radius 2 is 2.10 bits per heavy atom. The highest BCUT2D eigenvalue weighted by molar-refractivity contribution is 8.00. The van der Waals surface area contributed by atoms with Crippen molar-refractivity contribution in [1.82, 2.24) is 4.72 Å². The second-order valence-corrected chi connectivity index (χ2v) is 8.10. The fraction of sp³-hybridized carbons (Fsp3) is 0.154. The summed E-state index contributed by atoms with van der Waals surface area (Å²) in [6.07, 6.45) is 0.960. The first-order valence-electron chi connectivity index (χ1n) is 5.71. The molecule has 0 unspecified atom stereocenters. The SMILES string of the molecule is CS(=O)(=O)NC(=O)c1cccc(CSc2cccs2)c1. The van der Waals surface area contributed by atoms with Crippen LogP contribution in [-0.4, -0.2) is 20.6 Å². The van der Waals surface area contributed by atoms with E-state index in [1.807, 2.05) is 28.3 Å². The molecule has 1 amide bonds. The highest BCUT2D eigenvalue weighted by atomic mass is 32.2. The third kappa shape index (κ3) is 4.66. The average molecular weight is 327 g/mol. The van der Waals surface area contributed by atoms with Gasteiger partial charge in [0.15, 0.2) is 0 Å². The molecular weight excluding hydrogens is 314 g/mol. The molecule has 1 N–H and O–H groups in total. The van der Waals surface area contributed by atoms with Crippen molar-refractivity contribution in [1.29, 1.82) is 0 Å². The Morgan fingerprint density at radius 1 is 1.30 bits per heavy atom.